The number of hydrogen-bond acceptors (Lipinski definition) is 0. The molecule has 0 nitrogen and oxygen atoms in total. The highest BCUT2D eigenvalue weighted by Crippen LogP contribution is 2.39. The summed E-state index contributed by atoms with van der Waals surface area (Å²) >= 11 is 0. The quantitative estimate of drug-likeness (QED) is 0.422. The average Bonchev–Trinajstić information content (AvgIpc) is 1.85. The van der Waals surface area contributed by atoms with E-state index in [4.69, 9.17) is 0 Å². The van der Waals surface area contributed by atoms with Gasteiger partial charge in [0.25, 0.3) is 0 Å². The van der Waals surface area contributed by atoms with Crippen molar-refractivity contribution < 1.29 is 0 Å². The van der Waals surface area contributed by atoms with Crippen LogP contribution in [0.25, 0.3) is 0 Å². The Labute approximate surface area is 78.4 Å². The number of hydrogen-bond donors (Lipinski definition) is 0. The van der Waals surface area contributed by atoms with Crippen molar-refractivity contribution in [3.05, 3.63) is 17.0 Å². The summed E-state index contributed by atoms with van der Waals surface area (Å²) in [7, 11) is -1.25. The smallest absolute Gasteiger partial charge is 0.0902 e. The Morgan fingerprint density at radius 1 is 1.25 bits per heavy atom. The van der Waals surface area contributed by atoms with Gasteiger partial charge in [-0.1, -0.05) is 33.9 Å². The Bertz CT molecular complexity index is 210. The van der Waals surface area contributed by atoms with Crippen LogP contribution in [0.5, 0.6) is 0 Å². The molecule has 0 saturated heterocycles. The molecule has 0 bridgehead atoms. The van der Waals surface area contributed by atoms with Crippen molar-refractivity contribution in [2.75, 3.05) is 0 Å². The van der Waals surface area contributed by atoms with Crippen molar-refractivity contribution in [3.63, 3.8) is 0 Å². The zero-order valence-electron chi connectivity index (χ0n) is 9.58. The molecule has 0 aliphatic carbocycles. The van der Waals surface area contributed by atoms with E-state index in [1.807, 2.05) is 13.0 Å². The molecule has 1 heteroatoms. The lowest BCUT2D eigenvalue weighted by Crippen LogP contribution is -2.38. The standard InChI is InChI=1S/C11H22Si/c1-8-9-10(2)12(6,7)11(3,4)5/h8H,1-7H3. The lowest BCUT2D eigenvalue weighted by molar-refractivity contribution is 0.725. The Morgan fingerprint density at radius 2 is 1.67 bits per heavy atom. The molecule has 0 aliphatic heterocycles. The molecule has 0 atom stereocenters. The van der Waals surface area contributed by atoms with Gasteiger partial charge in [-0.25, -0.2) is 0 Å². The van der Waals surface area contributed by atoms with Crippen molar-refractivity contribution >= 4 is 8.07 Å². The maximum atomic E-state index is 3.35. The molecule has 0 fully saturated rings. The van der Waals surface area contributed by atoms with Gasteiger partial charge in [0.2, 0.25) is 0 Å². The van der Waals surface area contributed by atoms with Crippen molar-refractivity contribution in [2.45, 2.75) is 52.8 Å². The Hall–Kier alpha value is -0.263. The minimum Gasteiger partial charge on any atom is -0.131 e. The molecule has 0 rings (SSSR count). The van der Waals surface area contributed by atoms with Gasteiger partial charge in [0.05, 0.1) is 8.07 Å². The van der Waals surface area contributed by atoms with E-state index in [1.165, 1.54) is 5.20 Å². The van der Waals surface area contributed by atoms with E-state index in [2.05, 4.69) is 46.5 Å². The molecule has 0 aliphatic rings. The maximum Gasteiger partial charge on any atom is 0.0902 e. The third-order valence-electron chi connectivity index (χ3n) is 3.17. The topological polar surface area (TPSA) is 0 Å². The van der Waals surface area contributed by atoms with Crippen LogP contribution in [-0.4, -0.2) is 8.07 Å². The van der Waals surface area contributed by atoms with Crippen molar-refractivity contribution in [1.82, 2.24) is 0 Å². The minimum absolute atomic E-state index is 0.438. The zero-order valence-corrected chi connectivity index (χ0v) is 10.6. The predicted octanol–water partition coefficient (Wildman–Crippen LogP) is 4.16. The van der Waals surface area contributed by atoms with E-state index >= 15 is 0 Å². The van der Waals surface area contributed by atoms with E-state index in [0.717, 1.165) is 0 Å². The minimum atomic E-state index is -1.25. The van der Waals surface area contributed by atoms with Crippen LogP contribution in [0, 0.1) is 0 Å². The molecule has 0 aromatic carbocycles. The molecule has 0 radical (unpaired) electrons. The first-order valence-electron chi connectivity index (χ1n) is 4.62. The molecule has 0 spiro atoms. The van der Waals surface area contributed by atoms with Crippen LogP contribution in [0.1, 0.15) is 34.6 Å². The molecule has 0 aromatic rings. The van der Waals surface area contributed by atoms with E-state index < -0.39 is 8.07 Å². The lowest BCUT2D eigenvalue weighted by Gasteiger charge is -2.36. The summed E-state index contributed by atoms with van der Waals surface area (Å²) in [5.74, 6) is 0. The fourth-order valence-corrected chi connectivity index (χ4v) is 2.59. The largest absolute Gasteiger partial charge is 0.131 e. The molecule has 0 saturated carbocycles. The van der Waals surface area contributed by atoms with Gasteiger partial charge in [0, 0.05) is 0 Å². The Kier molecular flexibility index (Phi) is 3.55. The van der Waals surface area contributed by atoms with Gasteiger partial charge in [-0.3, -0.25) is 0 Å². The van der Waals surface area contributed by atoms with Crippen LogP contribution in [0.2, 0.25) is 18.1 Å². The van der Waals surface area contributed by atoms with Crippen LogP contribution in [0.3, 0.4) is 0 Å². The lowest BCUT2D eigenvalue weighted by atomic mass is 10.2. The van der Waals surface area contributed by atoms with Gasteiger partial charge in [-0.05, 0) is 30.2 Å². The highest BCUT2D eigenvalue weighted by molar-refractivity contribution is 6.86. The molecule has 0 heterocycles. The summed E-state index contributed by atoms with van der Waals surface area (Å²) in [6.45, 7) is 16.1. The van der Waals surface area contributed by atoms with E-state index in [-0.39, 0.29) is 0 Å². The SMILES string of the molecule is CC=C=C(C)[Si](C)(C)C(C)(C)C. The third-order valence-corrected chi connectivity index (χ3v) is 8.94. The van der Waals surface area contributed by atoms with Crippen LogP contribution in [0.4, 0.5) is 0 Å². The molecule has 12 heavy (non-hydrogen) atoms. The van der Waals surface area contributed by atoms with Gasteiger partial charge in [-0.15, -0.1) is 5.73 Å². The fraction of sp³-hybridized carbons (Fsp3) is 0.727. The first kappa shape index (κ1) is 11.7. The van der Waals surface area contributed by atoms with Crippen molar-refractivity contribution in [3.8, 4) is 0 Å². The first-order chi connectivity index (χ1) is 5.23. The summed E-state index contributed by atoms with van der Waals surface area (Å²) in [6, 6.07) is 0. The molecule has 70 valence electrons. The summed E-state index contributed by atoms with van der Waals surface area (Å²) in [5, 5.41) is 1.91. The van der Waals surface area contributed by atoms with Gasteiger partial charge in [0.1, 0.15) is 0 Å². The number of rotatable bonds is 1. The van der Waals surface area contributed by atoms with Crippen molar-refractivity contribution in [1.29, 1.82) is 0 Å². The predicted molar refractivity (Wildman–Crippen MR) is 60.1 cm³/mol. The second kappa shape index (κ2) is 3.63. The summed E-state index contributed by atoms with van der Waals surface area (Å²) < 4.78 is 0. The monoisotopic (exact) mass is 182 g/mol. The summed E-state index contributed by atoms with van der Waals surface area (Å²) in [4.78, 5) is 0. The average molecular weight is 182 g/mol. The van der Waals surface area contributed by atoms with Crippen LogP contribution in [-0.2, 0) is 0 Å². The summed E-state index contributed by atoms with van der Waals surface area (Å²) in [5.41, 5.74) is 3.35. The van der Waals surface area contributed by atoms with Crippen LogP contribution in [0.15, 0.2) is 17.0 Å². The highest BCUT2D eigenvalue weighted by atomic mass is 28.3. The van der Waals surface area contributed by atoms with Gasteiger partial charge in [0.15, 0.2) is 0 Å². The Balaban J connectivity index is 5.00. The second-order valence-electron chi connectivity index (χ2n) is 4.93. The van der Waals surface area contributed by atoms with E-state index in [9.17, 15) is 0 Å². The third kappa shape index (κ3) is 2.36. The normalized spacial score (nSPS) is 12.2. The second-order valence-corrected chi connectivity index (χ2v) is 10.4. The molecule has 0 N–H and O–H groups in total. The molecule has 0 aromatic heterocycles. The highest BCUT2D eigenvalue weighted by Gasteiger charge is 2.36. The first-order valence-corrected chi connectivity index (χ1v) is 7.62. The molecular weight excluding hydrogens is 160 g/mol. The van der Waals surface area contributed by atoms with Gasteiger partial charge < -0.3 is 0 Å². The molecular formula is C11H22Si. The zero-order chi connectivity index (χ0) is 9.99. The van der Waals surface area contributed by atoms with Gasteiger partial charge in [-0.2, -0.15) is 0 Å². The maximum absolute atomic E-state index is 3.35. The fourth-order valence-electron chi connectivity index (χ4n) is 0.959. The summed E-state index contributed by atoms with van der Waals surface area (Å²) in [6.07, 6.45) is 2.02. The van der Waals surface area contributed by atoms with E-state index in [1.54, 1.807) is 0 Å². The van der Waals surface area contributed by atoms with Crippen LogP contribution >= 0.6 is 0 Å². The van der Waals surface area contributed by atoms with Gasteiger partial charge >= 0.3 is 0 Å². The van der Waals surface area contributed by atoms with Crippen LogP contribution < -0.4 is 0 Å². The Morgan fingerprint density at radius 3 is 1.92 bits per heavy atom. The molecule has 0 unspecified atom stereocenters. The number of allylic oxidation sites excluding steroid dienone is 1. The molecule has 0 amide bonds. The van der Waals surface area contributed by atoms with Crippen molar-refractivity contribution in [2.24, 2.45) is 0 Å². The van der Waals surface area contributed by atoms with E-state index in [0.29, 0.717) is 5.04 Å².